The number of rotatable bonds is 11. The van der Waals surface area contributed by atoms with Gasteiger partial charge in [0.25, 0.3) is 0 Å². The molecule has 0 aliphatic rings. The number of imidazole rings is 4. The molecule has 14 rings (SSSR count). The van der Waals surface area contributed by atoms with Crippen molar-refractivity contribution < 1.29 is 18.3 Å². The lowest BCUT2D eigenvalue weighted by Crippen LogP contribution is -2.29. The minimum absolute atomic E-state index is 1.01. The van der Waals surface area contributed by atoms with Crippen molar-refractivity contribution in [2.75, 3.05) is 9.80 Å². The molecule has 14 aromatic rings. The molecule has 4 heterocycles. The molecule has 0 fully saturated rings. The second-order valence-electron chi connectivity index (χ2n) is 20.2. The van der Waals surface area contributed by atoms with E-state index < -0.39 is 0 Å². The van der Waals surface area contributed by atoms with Crippen molar-refractivity contribution in [1.29, 1.82) is 0 Å². The molecule has 10 nitrogen and oxygen atoms in total. The van der Waals surface area contributed by atoms with Gasteiger partial charge >= 0.3 is 0 Å². The predicted molar refractivity (Wildman–Crippen MR) is 313 cm³/mol. The molecular formula is C68H56N10+4. The molecule has 0 aliphatic carbocycles. The highest BCUT2D eigenvalue weighted by Crippen LogP contribution is 2.46. The van der Waals surface area contributed by atoms with E-state index in [0.29, 0.717) is 0 Å². The average molecular weight is 1010 g/mol. The lowest BCUT2D eigenvalue weighted by atomic mass is 10.00. The van der Waals surface area contributed by atoms with Gasteiger partial charge in [-0.1, -0.05) is 103 Å². The van der Waals surface area contributed by atoms with Gasteiger partial charge in [0, 0.05) is 35.5 Å². The van der Waals surface area contributed by atoms with E-state index in [9.17, 15) is 0 Å². The van der Waals surface area contributed by atoms with Gasteiger partial charge in [0.2, 0.25) is 25.3 Å². The maximum atomic E-state index is 2.43. The minimum Gasteiger partial charge on any atom is -0.310 e. The maximum absolute atomic E-state index is 2.43. The summed E-state index contributed by atoms with van der Waals surface area (Å²) in [7, 11) is 8.44. The van der Waals surface area contributed by atoms with Crippen LogP contribution in [0.3, 0.4) is 0 Å². The summed E-state index contributed by atoms with van der Waals surface area (Å²) in [5, 5.41) is 0. The van der Waals surface area contributed by atoms with E-state index in [1.54, 1.807) is 0 Å². The third kappa shape index (κ3) is 7.88. The number of nitrogens with zero attached hydrogens (tertiary/aromatic N) is 10. The lowest BCUT2D eigenvalue weighted by Gasteiger charge is -2.31. The molecule has 0 unspecified atom stereocenters. The smallest absolute Gasteiger partial charge is 0.249 e. The monoisotopic (exact) mass is 1010 g/mol. The number of hydrogen-bond acceptors (Lipinski definition) is 2. The first-order chi connectivity index (χ1) is 38.3. The fourth-order valence-electron chi connectivity index (χ4n) is 11.6. The molecule has 0 atom stereocenters. The molecule has 0 spiro atoms. The number of benzene rings is 10. The van der Waals surface area contributed by atoms with Crippen LogP contribution in [-0.4, -0.2) is 18.3 Å². The maximum Gasteiger partial charge on any atom is 0.249 e. The molecule has 0 saturated carbocycles. The molecule has 0 amide bonds. The quantitative estimate of drug-likeness (QED) is 0.121. The van der Waals surface area contributed by atoms with Crippen LogP contribution >= 0.6 is 0 Å². The number of para-hydroxylation sites is 8. The van der Waals surface area contributed by atoms with E-state index in [1.807, 2.05) is 0 Å². The molecule has 0 saturated heterocycles. The Morgan fingerprint density at radius 2 is 0.731 bits per heavy atom. The number of hydrogen-bond donors (Lipinski definition) is 0. The summed E-state index contributed by atoms with van der Waals surface area (Å²) in [6.45, 7) is 0. The summed E-state index contributed by atoms with van der Waals surface area (Å²) in [5.74, 6) is 0. The van der Waals surface area contributed by atoms with Crippen molar-refractivity contribution in [3.63, 3.8) is 0 Å². The van der Waals surface area contributed by atoms with Crippen LogP contribution in [0, 0.1) is 0 Å². The van der Waals surface area contributed by atoms with Crippen LogP contribution in [-0.2, 0) is 28.2 Å². The van der Waals surface area contributed by atoms with Gasteiger partial charge in [-0.3, -0.25) is 0 Å². The van der Waals surface area contributed by atoms with Gasteiger partial charge in [0.15, 0.2) is 44.1 Å². The Bertz CT molecular complexity index is 4350. The molecule has 4 aromatic heterocycles. The van der Waals surface area contributed by atoms with E-state index in [0.717, 1.165) is 112 Å². The summed E-state index contributed by atoms with van der Waals surface area (Å²) in [5.41, 5.74) is 21.8. The van der Waals surface area contributed by atoms with Gasteiger partial charge < -0.3 is 9.80 Å². The number of anilines is 6. The van der Waals surface area contributed by atoms with Crippen molar-refractivity contribution in [3.8, 4) is 33.9 Å². The third-order valence-corrected chi connectivity index (χ3v) is 15.3. The number of aromatic nitrogens is 8. The normalized spacial score (nSPS) is 11.6. The van der Waals surface area contributed by atoms with Gasteiger partial charge in [0.05, 0.1) is 56.6 Å². The van der Waals surface area contributed by atoms with Crippen LogP contribution in [0.4, 0.5) is 34.1 Å². The SMILES string of the molecule is Cn1c[n+](-c2cccc(N(c3cccc(-[n+]4cn(C)c5ccccc54)c3)c3ccc(N(c4cccc(-n5c[n+](C)c6ccccc65)c4)c4cccc(-n5c[n+](C)c6ccccc65)c4)c(-c4ccccc4)c3)c2)c2ccccc21. The highest BCUT2D eigenvalue weighted by atomic mass is 15.2. The van der Waals surface area contributed by atoms with Crippen LogP contribution in [0.15, 0.2) is 268 Å². The minimum atomic E-state index is 1.01. The Balaban J connectivity index is 0.993. The molecule has 0 N–H and O–H groups in total. The van der Waals surface area contributed by atoms with E-state index in [-0.39, 0.29) is 0 Å². The fraction of sp³-hybridized carbons (Fsp3) is 0.0588. The molecule has 10 aromatic carbocycles. The Morgan fingerprint density at radius 1 is 0.321 bits per heavy atom. The van der Waals surface area contributed by atoms with Gasteiger partial charge in [-0.2, -0.15) is 18.3 Å². The molecule has 0 aliphatic heterocycles. The van der Waals surface area contributed by atoms with E-state index in [4.69, 9.17) is 0 Å². The van der Waals surface area contributed by atoms with Crippen LogP contribution in [0.2, 0.25) is 0 Å². The second-order valence-corrected chi connectivity index (χ2v) is 20.2. The molecule has 10 heteroatoms. The highest BCUT2D eigenvalue weighted by molar-refractivity contribution is 5.93. The van der Waals surface area contributed by atoms with Gasteiger partial charge in [0.1, 0.15) is 22.7 Å². The van der Waals surface area contributed by atoms with E-state index in [2.05, 4.69) is 342 Å². The summed E-state index contributed by atoms with van der Waals surface area (Å²) in [6.07, 6.45) is 8.69. The first-order valence-corrected chi connectivity index (χ1v) is 26.4. The fourth-order valence-corrected chi connectivity index (χ4v) is 11.6. The zero-order valence-corrected chi connectivity index (χ0v) is 43.9. The van der Waals surface area contributed by atoms with Crippen LogP contribution in [0.5, 0.6) is 0 Å². The largest absolute Gasteiger partial charge is 0.310 e. The molecule has 0 radical (unpaired) electrons. The summed E-state index contributed by atoms with van der Waals surface area (Å²) in [4.78, 5) is 4.83. The molecule has 78 heavy (non-hydrogen) atoms. The summed E-state index contributed by atoms with van der Waals surface area (Å²) >= 11 is 0. The van der Waals surface area contributed by atoms with E-state index in [1.165, 1.54) is 0 Å². The Kier molecular flexibility index (Phi) is 11.1. The van der Waals surface area contributed by atoms with Gasteiger partial charge in [-0.25, -0.2) is 18.3 Å². The summed E-state index contributed by atoms with van der Waals surface area (Å²) < 4.78 is 17.9. The zero-order valence-electron chi connectivity index (χ0n) is 43.9. The first-order valence-electron chi connectivity index (χ1n) is 26.4. The summed E-state index contributed by atoms with van der Waals surface area (Å²) in [6, 6.07) is 87.7. The first kappa shape index (κ1) is 46.2. The topological polar surface area (TPSA) is 41.7 Å². The van der Waals surface area contributed by atoms with Crippen molar-refractivity contribution in [3.05, 3.63) is 268 Å². The van der Waals surface area contributed by atoms with Crippen LogP contribution in [0.1, 0.15) is 0 Å². The van der Waals surface area contributed by atoms with Crippen LogP contribution < -0.4 is 28.1 Å². The molecule has 0 bridgehead atoms. The molecule has 374 valence electrons. The highest BCUT2D eigenvalue weighted by Gasteiger charge is 2.26. The number of fused-ring (bicyclic) bond motifs is 4. The Morgan fingerprint density at radius 3 is 1.23 bits per heavy atom. The zero-order chi connectivity index (χ0) is 52.4. The standard InChI is InChI=1S/C68H56N10/c1-69-45-73(65-34-12-8-30-61(65)69)50-22-16-26-54(40-50)77(55-27-17-23-51(41-55)74-46-70(2)62-31-9-13-35-66(62)74)58-38-39-60(59(44-58)49-20-6-5-7-21-49)78(56-28-18-24-52(42-56)75-47-71(3)63-32-10-14-36-67(63)75)57-29-19-25-53(43-57)76-48-72(4)64-33-11-15-37-68(64)76/h5-48H,1-4H3/q+4. The number of aryl methyl sites for hydroxylation is 4. The second kappa shape index (κ2) is 18.8. The Hall–Kier alpha value is -10.3. The average Bonchev–Trinajstić information content (AvgIpc) is 4.31. The van der Waals surface area contributed by atoms with Crippen LogP contribution in [0.25, 0.3) is 78.0 Å². The predicted octanol–water partition coefficient (Wildman–Crippen LogP) is 13.4. The Labute approximate surface area is 452 Å². The van der Waals surface area contributed by atoms with E-state index >= 15 is 0 Å². The van der Waals surface area contributed by atoms with Crippen molar-refractivity contribution >= 4 is 78.3 Å². The van der Waals surface area contributed by atoms with Crippen molar-refractivity contribution in [2.45, 2.75) is 0 Å². The van der Waals surface area contributed by atoms with Gasteiger partial charge in [-0.15, -0.1) is 0 Å². The third-order valence-electron chi connectivity index (χ3n) is 15.3. The molecular weight excluding hydrogens is 957 g/mol. The van der Waals surface area contributed by atoms with Crippen molar-refractivity contribution in [2.24, 2.45) is 28.2 Å². The van der Waals surface area contributed by atoms with Gasteiger partial charge in [-0.05, 0) is 121 Å². The van der Waals surface area contributed by atoms with Crippen molar-refractivity contribution in [1.82, 2.24) is 18.3 Å². The lowest BCUT2D eigenvalue weighted by molar-refractivity contribution is -0.645.